The number of amides is 2. The lowest BCUT2D eigenvalue weighted by atomic mass is 10.1. The molecule has 2 aromatic rings. The van der Waals surface area contributed by atoms with Crippen LogP contribution in [0.1, 0.15) is 5.56 Å². The van der Waals surface area contributed by atoms with Gasteiger partial charge in [-0.05, 0) is 54.2 Å². The first-order valence-electron chi connectivity index (χ1n) is 8.85. The molecule has 0 atom stereocenters. The van der Waals surface area contributed by atoms with E-state index in [9.17, 15) is 31.1 Å². The predicted octanol–water partition coefficient (Wildman–Crippen LogP) is 5.67. The average molecular weight is 449 g/mol. The third kappa shape index (κ3) is 5.97. The summed E-state index contributed by atoms with van der Waals surface area (Å²) < 4.78 is 75.7. The van der Waals surface area contributed by atoms with Crippen LogP contribution in [0.5, 0.6) is 0 Å². The van der Waals surface area contributed by atoms with Crippen molar-refractivity contribution in [1.29, 1.82) is 0 Å². The number of carbonyl (C=O) groups excluding carboxylic acids is 1. The summed E-state index contributed by atoms with van der Waals surface area (Å²) in [5.41, 5.74) is -4.33. The minimum Gasteiger partial charge on any atom is -0.368 e. The van der Waals surface area contributed by atoms with Crippen molar-refractivity contribution in [2.24, 2.45) is 0 Å². The van der Waals surface area contributed by atoms with Gasteiger partial charge in [-0.3, -0.25) is 0 Å². The number of rotatable bonds is 3. The van der Waals surface area contributed by atoms with Gasteiger partial charge in [0.2, 0.25) is 0 Å². The highest BCUT2D eigenvalue weighted by molar-refractivity contribution is 8.00. The van der Waals surface area contributed by atoms with Crippen LogP contribution < -0.4 is 10.2 Å². The number of alkyl halides is 6. The Balaban J connectivity index is 1.54. The Hall–Kier alpha value is -2.56. The van der Waals surface area contributed by atoms with Crippen molar-refractivity contribution < 1.29 is 31.1 Å². The summed E-state index contributed by atoms with van der Waals surface area (Å²) in [7, 11) is 0. The molecule has 3 rings (SSSR count). The summed E-state index contributed by atoms with van der Waals surface area (Å²) in [5, 5.41) is 2.61. The number of nitrogens with one attached hydrogen (secondary N) is 1. The first-order valence-corrected chi connectivity index (χ1v) is 9.67. The van der Waals surface area contributed by atoms with Crippen LogP contribution in [0.2, 0.25) is 0 Å². The molecule has 0 bridgehead atoms. The molecule has 2 aromatic carbocycles. The van der Waals surface area contributed by atoms with Crippen molar-refractivity contribution in [1.82, 2.24) is 4.90 Å². The molecular formula is C19H17F6N3OS. The Morgan fingerprint density at radius 1 is 0.900 bits per heavy atom. The van der Waals surface area contributed by atoms with Crippen molar-refractivity contribution in [3.8, 4) is 0 Å². The number of hydrogen-bond acceptors (Lipinski definition) is 3. The number of carbonyl (C=O) groups is 1. The second-order valence-corrected chi connectivity index (χ2v) is 7.66. The van der Waals surface area contributed by atoms with Gasteiger partial charge in [-0.15, -0.1) is 0 Å². The minimum absolute atomic E-state index is 0.00944. The van der Waals surface area contributed by atoms with Gasteiger partial charge in [-0.2, -0.15) is 26.3 Å². The molecule has 1 N–H and O–H groups in total. The highest BCUT2D eigenvalue weighted by atomic mass is 32.2. The second-order valence-electron chi connectivity index (χ2n) is 6.52. The van der Waals surface area contributed by atoms with Gasteiger partial charge in [0, 0.05) is 42.4 Å². The third-order valence-electron chi connectivity index (χ3n) is 4.44. The summed E-state index contributed by atoms with van der Waals surface area (Å²) in [5.74, 6) is 0. The number of hydrogen-bond donors (Lipinski definition) is 1. The predicted molar refractivity (Wildman–Crippen MR) is 103 cm³/mol. The zero-order valence-electron chi connectivity index (χ0n) is 15.4. The molecule has 1 saturated heterocycles. The zero-order valence-corrected chi connectivity index (χ0v) is 16.2. The summed E-state index contributed by atoms with van der Waals surface area (Å²) in [6, 6.07) is 9.88. The van der Waals surface area contributed by atoms with E-state index in [4.69, 9.17) is 0 Å². The number of benzene rings is 2. The van der Waals surface area contributed by atoms with E-state index in [1.54, 1.807) is 11.0 Å². The maximum atomic E-state index is 12.9. The fourth-order valence-electron chi connectivity index (χ4n) is 2.99. The highest BCUT2D eigenvalue weighted by Crippen LogP contribution is 2.37. The smallest absolute Gasteiger partial charge is 0.368 e. The molecule has 2 amide bonds. The Morgan fingerprint density at radius 3 is 2.10 bits per heavy atom. The summed E-state index contributed by atoms with van der Waals surface area (Å²) in [6.07, 6.45) is -4.42. The number of nitrogens with zero attached hydrogens (tertiary/aromatic N) is 2. The number of halogens is 6. The van der Waals surface area contributed by atoms with Gasteiger partial charge in [0.1, 0.15) is 0 Å². The van der Waals surface area contributed by atoms with E-state index in [-0.39, 0.29) is 16.7 Å². The SMILES string of the molecule is O=C(Nc1ccc(SC(F)(F)F)cc1)N1CCN(c2cccc(C(F)(F)F)c2)CC1. The lowest BCUT2D eigenvalue weighted by Crippen LogP contribution is -2.50. The number of thioether (sulfide) groups is 1. The van der Waals surface area contributed by atoms with Gasteiger partial charge in [0.25, 0.3) is 0 Å². The van der Waals surface area contributed by atoms with Gasteiger partial charge in [0.15, 0.2) is 0 Å². The van der Waals surface area contributed by atoms with Crippen LogP contribution in [-0.4, -0.2) is 42.6 Å². The molecule has 0 saturated carbocycles. The largest absolute Gasteiger partial charge is 0.446 e. The molecule has 0 unspecified atom stereocenters. The van der Waals surface area contributed by atoms with Crippen LogP contribution in [0.4, 0.5) is 42.5 Å². The summed E-state index contributed by atoms with van der Waals surface area (Å²) >= 11 is -0.242. The van der Waals surface area contributed by atoms with E-state index >= 15 is 0 Å². The Labute approximate surface area is 172 Å². The molecule has 30 heavy (non-hydrogen) atoms. The normalized spacial score (nSPS) is 15.3. The number of anilines is 2. The monoisotopic (exact) mass is 449 g/mol. The van der Waals surface area contributed by atoms with Crippen molar-refractivity contribution in [3.63, 3.8) is 0 Å². The molecule has 0 radical (unpaired) electrons. The third-order valence-corrected chi connectivity index (χ3v) is 5.18. The molecule has 0 aliphatic carbocycles. The lowest BCUT2D eigenvalue weighted by Gasteiger charge is -2.36. The maximum absolute atomic E-state index is 12.9. The van der Waals surface area contributed by atoms with Crippen LogP contribution in [0.25, 0.3) is 0 Å². The molecule has 4 nitrogen and oxygen atoms in total. The first kappa shape index (κ1) is 22.1. The molecule has 0 aromatic heterocycles. The van der Waals surface area contributed by atoms with Crippen LogP contribution in [0, 0.1) is 0 Å². The van der Waals surface area contributed by atoms with Gasteiger partial charge >= 0.3 is 17.7 Å². The van der Waals surface area contributed by atoms with E-state index in [0.717, 1.165) is 12.1 Å². The topological polar surface area (TPSA) is 35.6 Å². The Kier molecular flexibility index (Phi) is 6.39. The highest BCUT2D eigenvalue weighted by Gasteiger charge is 2.31. The molecular weight excluding hydrogens is 432 g/mol. The Bertz CT molecular complexity index is 877. The fourth-order valence-corrected chi connectivity index (χ4v) is 3.53. The second kappa shape index (κ2) is 8.66. The number of piperazine rings is 1. The minimum atomic E-state index is -4.42. The van der Waals surface area contributed by atoms with E-state index in [2.05, 4.69) is 5.32 Å². The average Bonchev–Trinajstić information content (AvgIpc) is 2.68. The van der Waals surface area contributed by atoms with Crippen LogP contribution in [-0.2, 0) is 6.18 Å². The standard InChI is InChI=1S/C19H17F6N3OS/c20-18(21,22)13-2-1-3-15(12-13)27-8-10-28(11-9-27)17(29)26-14-4-6-16(7-5-14)30-19(23,24)25/h1-7,12H,8-11H2,(H,26,29). The van der Waals surface area contributed by atoms with Crippen molar-refractivity contribution >= 4 is 29.2 Å². The van der Waals surface area contributed by atoms with Crippen molar-refractivity contribution in [2.45, 2.75) is 16.6 Å². The summed E-state index contributed by atoms with van der Waals surface area (Å²) in [6.45, 7) is 1.31. The van der Waals surface area contributed by atoms with E-state index < -0.39 is 23.3 Å². The molecule has 1 aliphatic rings. The van der Waals surface area contributed by atoms with E-state index in [1.165, 1.54) is 35.2 Å². The van der Waals surface area contributed by atoms with Gasteiger partial charge < -0.3 is 15.1 Å². The Morgan fingerprint density at radius 2 is 1.53 bits per heavy atom. The lowest BCUT2D eigenvalue weighted by molar-refractivity contribution is -0.137. The van der Waals surface area contributed by atoms with Crippen molar-refractivity contribution in [3.05, 3.63) is 54.1 Å². The molecule has 11 heteroatoms. The maximum Gasteiger partial charge on any atom is 0.446 e. The van der Waals surface area contributed by atoms with Crippen LogP contribution in [0.3, 0.4) is 0 Å². The van der Waals surface area contributed by atoms with Crippen LogP contribution in [0.15, 0.2) is 53.4 Å². The molecule has 1 heterocycles. The van der Waals surface area contributed by atoms with E-state index in [1.807, 2.05) is 0 Å². The van der Waals surface area contributed by atoms with Gasteiger partial charge in [-0.25, -0.2) is 4.79 Å². The van der Waals surface area contributed by atoms with Gasteiger partial charge in [-0.1, -0.05) is 6.07 Å². The molecule has 1 fully saturated rings. The van der Waals surface area contributed by atoms with E-state index in [0.29, 0.717) is 37.6 Å². The zero-order chi connectivity index (χ0) is 21.9. The fraction of sp³-hybridized carbons (Fsp3) is 0.316. The van der Waals surface area contributed by atoms with Gasteiger partial charge in [0.05, 0.1) is 5.56 Å². The number of urea groups is 1. The summed E-state index contributed by atoms with van der Waals surface area (Å²) in [4.78, 5) is 15.7. The quantitative estimate of drug-likeness (QED) is 0.485. The first-order chi connectivity index (χ1) is 14.0. The molecule has 162 valence electrons. The molecule has 0 spiro atoms. The van der Waals surface area contributed by atoms with Crippen LogP contribution >= 0.6 is 11.8 Å². The molecule has 1 aliphatic heterocycles. The van der Waals surface area contributed by atoms with Crippen molar-refractivity contribution in [2.75, 3.05) is 36.4 Å².